The van der Waals surface area contributed by atoms with Gasteiger partial charge in [0.25, 0.3) is 0 Å². The van der Waals surface area contributed by atoms with Gasteiger partial charge in [0.2, 0.25) is 10.0 Å². The standard InChI is InChI=1S/C12H18BrFN2O2S/c1-4-10(7(2)3)16-19(17,18)11-6-8(15)5-9(13)12(11)14/h5-7,10,16H,4,15H2,1-3H3. The summed E-state index contributed by atoms with van der Waals surface area (Å²) in [5.41, 5.74) is 5.75. The van der Waals surface area contributed by atoms with Crippen molar-refractivity contribution < 1.29 is 12.8 Å². The van der Waals surface area contributed by atoms with E-state index in [0.29, 0.717) is 6.42 Å². The molecule has 0 radical (unpaired) electrons. The van der Waals surface area contributed by atoms with Crippen LogP contribution in [0.15, 0.2) is 21.5 Å². The van der Waals surface area contributed by atoms with E-state index in [2.05, 4.69) is 20.7 Å². The second kappa shape index (κ2) is 6.19. The molecule has 0 bridgehead atoms. The van der Waals surface area contributed by atoms with Crippen LogP contribution in [0.1, 0.15) is 27.2 Å². The van der Waals surface area contributed by atoms with Gasteiger partial charge in [-0.2, -0.15) is 0 Å². The fourth-order valence-electron chi connectivity index (χ4n) is 1.73. The summed E-state index contributed by atoms with van der Waals surface area (Å²) in [5, 5.41) is 0. The molecule has 0 aromatic heterocycles. The van der Waals surface area contributed by atoms with Crippen LogP contribution in [0.5, 0.6) is 0 Å². The fourth-order valence-corrected chi connectivity index (χ4v) is 3.94. The van der Waals surface area contributed by atoms with Gasteiger partial charge >= 0.3 is 0 Å². The van der Waals surface area contributed by atoms with Crippen molar-refractivity contribution in [2.45, 2.75) is 38.1 Å². The second-order valence-electron chi connectivity index (χ2n) is 4.69. The van der Waals surface area contributed by atoms with E-state index in [1.54, 1.807) is 0 Å². The lowest BCUT2D eigenvalue weighted by Crippen LogP contribution is -2.38. The minimum Gasteiger partial charge on any atom is -0.399 e. The first-order chi connectivity index (χ1) is 8.69. The molecule has 1 aromatic rings. The summed E-state index contributed by atoms with van der Waals surface area (Å²) in [4.78, 5) is -0.432. The predicted octanol–water partition coefficient (Wildman–Crippen LogP) is 2.88. The highest BCUT2D eigenvalue weighted by Gasteiger charge is 2.25. The molecule has 19 heavy (non-hydrogen) atoms. The van der Waals surface area contributed by atoms with Crippen LogP contribution in [0.3, 0.4) is 0 Å². The number of sulfonamides is 1. The molecule has 1 atom stereocenters. The molecule has 0 spiro atoms. The Morgan fingerprint density at radius 2 is 2.00 bits per heavy atom. The first-order valence-electron chi connectivity index (χ1n) is 5.95. The zero-order valence-corrected chi connectivity index (χ0v) is 13.5. The molecular formula is C12H18BrFN2O2S. The molecule has 0 aliphatic carbocycles. The third-order valence-corrected chi connectivity index (χ3v) is 4.92. The monoisotopic (exact) mass is 352 g/mol. The fraction of sp³-hybridized carbons (Fsp3) is 0.500. The maximum atomic E-state index is 13.9. The molecule has 1 unspecified atom stereocenters. The Kier molecular flexibility index (Phi) is 5.34. The number of nitrogen functional groups attached to an aromatic ring is 1. The van der Waals surface area contributed by atoms with Crippen LogP contribution in [-0.2, 0) is 10.0 Å². The van der Waals surface area contributed by atoms with E-state index in [1.807, 2.05) is 20.8 Å². The van der Waals surface area contributed by atoms with Gasteiger partial charge in [-0.15, -0.1) is 0 Å². The van der Waals surface area contributed by atoms with E-state index in [9.17, 15) is 12.8 Å². The Bertz CT molecular complexity index is 561. The third kappa shape index (κ3) is 3.90. The Balaban J connectivity index is 3.21. The number of rotatable bonds is 5. The lowest BCUT2D eigenvalue weighted by Gasteiger charge is -2.21. The van der Waals surface area contributed by atoms with Crippen LogP contribution in [0.4, 0.5) is 10.1 Å². The maximum Gasteiger partial charge on any atom is 0.243 e. The zero-order chi connectivity index (χ0) is 14.8. The minimum atomic E-state index is -3.93. The predicted molar refractivity (Wildman–Crippen MR) is 77.8 cm³/mol. The molecule has 0 aliphatic heterocycles. The molecule has 0 aliphatic rings. The molecule has 1 rings (SSSR count). The van der Waals surface area contributed by atoms with E-state index in [0.717, 1.165) is 6.07 Å². The lowest BCUT2D eigenvalue weighted by molar-refractivity contribution is 0.435. The highest BCUT2D eigenvalue weighted by Crippen LogP contribution is 2.26. The van der Waals surface area contributed by atoms with Gasteiger partial charge in [-0.25, -0.2) is 17.5 Å². The normalized spacial score (nSPS) is 13.8. The quantitative estimate of drug-likeness (QED) is 0.800. The van der Waals surface area contributed by atoms with E-state index in [-0.39, 0.29) is 22.1 Å². The minimum absolute atomic E-state index is 0.0328. The van der Waals surface area contributed by atoms with Crippen LogP contribution in [-0.4, -0.2) is 14.5 Å². The average molecular weight is 353 g/mol. The number of anilines is 1. The summed E-state index contributed by atoms with van der Waals surface area (Å²) < 4.78 is 40.9. The second-order valence-corrected chi connectivity index (χ2v) is 7.23. The summed E-state index contributed by atoms with van der Waals surface area (Å²) >= 11 is 2.95. The number of halogens is 2. The topological polar surface area (TPSA) is 72.2 Å². The molecule has 0 saturated heterocycles. The maximum absolute atomic E-state index is 13.9. The summed E-state index contributed by atoms with van der Waals surface area (Å²) in [6.07, 6.45) is 0.627. The number of benzene rings is 1. The van der Waals surface area contributed by atoms with Crippen molar-refractivity contribution in [2.24, 2.45) is 5.92 Å². The summed E-state index contributed by atoms with van der Waals surface area (Å²) in [6, 6.07) is 2.20. The van der Waals surface area contributed by atoms with E-state index in [1.165, 1.54) is 6.07 Å². The molecule has 0 fully saturated rings. The van der Waals surface area contributed by atoms with Crippen molar-refractivity contribution >= 4 is 31.6 Å². The van der Waals surface area contributed by atoms with Crippen molar-refractivity contribution in [1.29, 1.82) is 0 Å². The average Bonchev–Trinajstić information content (AvgIpc) is 2.30. The molecule has 0 heterocycles. The Labute approximate surface area is 121 Å². The SMILES string of the molecule is CCC(NS(=O)(=O)c1cc(N)cc(Br)c1F)C(C)C. The molecule has 108 valence electrons. The van der Waals surface area contributed by atoms with E-state index in [4.69, 9.17) is 5.73 Å². The summed E-state index contributed by atoms with van der Waals surface area (Å²) in [6.45, 7) is 5.68. The number of hydrogen-bond donors (Lipinski definition) is 2. The number of nitrogens with one attached hydrogen (secondary N) is 1. The molecule has 4 nitrogen and oxygen atoms in total. The van der Waals surface area contributed by atoms with E-state index < -0.39 is 20.7 Å². The smallest absolute Gasteiger partial charge is 0.243 e. The van der Waals surface area contributed by atoms with Crippen LogP contribution >= 0.6 is 15.9 Å². The summed E-state index contributed by atoms with van der Waals surface area (Å²) in [7, 11) is -3.93. The Hall–Kier alpha value is -0.660. The van der Waals surface area contributed by atoms with Gasteiger partial charge in [0.15, 0.2) is 5.82 Å². The van der Waals surface area contributed by atoms with Gasteiger partial charge in [-0.3, -0.25) is 0 Å². The highest BCUT2D eigenvalue weighted by molar-refractivity contribution is 9.10. The van der Waals surface area contributed by atoms with Crippen LogP contribution in [0.2, 0.25) is 0 Å². The molecule has 0 amide bonds. The Morgan fingerprint density at radius 3 is 2.47 bits per heavy atom. The van der Waals surface area contributed by atoms with Gasteiger partial charge in [0, 0.05) is 11.7 Å². The van der Waals surface area contributed by atoms with Crippen molar-refractivity contribution in [2.75, 3.05) is 5.73 Å². The zero-order valence-electron chi connectivity index (χ0n) is 11.1. The van der Waals surface area contributed by atoms with Crippen LogP contribution in [0.25, 0.3) is 0 Å². The van der Waals surface area contributed by atoms with Gasteiger partial charge in [0.05, 0.1) is 4.47 Å². The van der Waals surface area contributed by atoms with Gasteiger partial charge in [-0.05, 0) is 40.4 Å². The number of hydrogen-bond acceptors (Lipinski definition) is 3. The number of nitrogens with two attached hydrogens (primary N) is 1. The van der Waals surface area contributed by atoms with Crippen molar-refractivity contribution in [1.82, 2.24) is 4.72 Å². The van der Waals surface area contributed by atoms with Crippen molar-refractivity contribution in [3.8, 4) is 0 Å². The molecule has 7 heteroatoms. The van der Waals surface area contributed by atoms with E-state index >= 15 is 0 Å². The molecule has 1 aromatic carbocycles. The molecule has 3 N–H and O–H groups in total. The van der Waals surface area contributed by atoms with Crippen molar-refractivity contribution in [3.63, 3.8) is 0 Å². The van der Waals surface area contributed by atoms with Crippen LogP contribution in [0, 0.1) is 11.7 Å². The first-order valence-corrected chi connectivity index (χ1v) is 8.23. The summed E-state index contributed by atoms with van der Waals surface area (Å²) in [5.74, 6) is -0.715. The largest absolute Gasteiger partial charge is 0.399 e. The van der Waals surface area contributed by atoms with Gasteiger partial charge in [-0.1, -0.05) is 20.8 Å². The van der Waals surface area contributed by atoms with Gasteiger partial charge < -0.3 is 5.73 Å². The first kappa shape index (κ1) is 16.4. The third-order valence-electron chi connectivity index (χ3n) is 2.86. The van der Waals surface area contributed by atoms with Gasteiger partial charge in [0.1, 0.15) is 4.90 Å². The van der Waals surface area contributed by atoms with Crippen molar-refractivity contribution in [3.05, 3.63) is 22.4 Å². The highest BCUT2D eigenvalue weighted by atomic mass is 79.9. The Morgan fingerprint density at radius 1 is 1.42 bits per heavy atom. The molecular weight excluding hydrogens is 335 g/mol. The molecule has 0 saturated carbocycles. The lowest BCUT2D eigenvalue weighted by atomic mass is 10.0. The van der Waals surface area contributed by atoms with Crippen LogP contribution < -0.4 is 10.5 Å².